The number of hydrogen-bond donors (Lipinski definition) is 2. The van der Waals surface area contributed by atoms with Crippen LogP contribution in [0.3, 0.4) is 0 Å². The molecule has 0 aliphatic rings. The van der Waals surface area contributed by atoms with Gasteiger partial charge in [0, 0.05) is 13.1 Å². The van der Waals surface area contributed by atoms with Gasteiger partial charge in [0.15, 0.2) is 0 Å². The van der Waals surface area contributed by atoms with Crippen molar-refractivity contribution >= 4 is 0 Å². The van der Waals surface area contributed by atoms with Crippen molar-refractivity contribution in [3.63, 3.8) is 0 Å². The van der Waals surface area contributed by atoms with Crippen LogP contribution in [-0.2, 0) is 0 Å². The van der Waals surface area contributed by atoms with Crippen LogP contribution in [0.15, 0.2) is 12.2 Å². The fourth-order valence-electron chi connectivity index (χ4n) is 0.647. The van der Waals surface area contributed by atoms with E-state index < -0.39 is 0 Å². The van der Waals surface area contributed by atoms with Crippen LogP contribution in [0.4, 0.5) is 0 Å². The van der Waals surface area contributed by atoms with Crippen molar-refractivity contribution in [2.24, 2.45) is 0 Å². The van der Waals surface area contributed by atoms with E-state index in [9.17, 15) is 0 Å². The second-order valence-corrected chi connectivity index (χ2v) is 2.23. The average Bonchev–Trinajstić information content (AvgIpc) is 1.97. The summed E-state index contributed by atoms with van der Waals surface area (Å²) in [7, 11) is 1.95. The van der Waals surface area contributed by atoms with Gasteiger partial charge in [0.05, 0.1) is 0 Å². The molecule has 0 saturated heterocycles. The SMILES string of the molecule is CCCNC/C=C/CNC. The Morgan fingerprint density at radius 1 is 1.20 bits per heavy atom. The molecule has 2 heteroatoms. The fraction of sp³-hybridized carbons (Fsp3) is 0.750. The summed E-state index contributed by atoms with van der Waals surface area (Å²) in [6.07, 6.45) is 5.48. The summed E-state index contributed by atoms with van der Waals surface area (Å²) in [5.74, 6) is 0. The molecule has 60 valence electrons. The van der Waals surface area contributed by atoms with Crippen LogP contribution < -0.4 is 10.6 Å². The fourth-order valence-corrected chi connectivity index (χ4v) is 0.647. The first-order chi connectivity index (χ1) is 4.91. The summed E-state index contributed by atoms with van der Waals surface area (Å²) >= 11 is 0. The van der Waals surface area contributed by atoms with Gasteiger partial charge in [-0.1, -0.05) is 19.1 Å². The summed E-state index contributed by atoms with van der Waals surface area (Å²) < 4.78 is 0. The van der Waals surface area contributed by atoms with E-state index in [0.717, 1.165) is 19.6 Å². The normalized spacial score (nSPS) is 11.0. The molecule has 0 heterocycles. The Bertz CT molecular complexity index is 79.3. The minimum absolute atomic E-state index is 0.966. The maximum Gasteiger partial charge on any atom is 0.0135 e. The molecule has 0 spiro atoms. The first-order valence-electron chi connectivity index (χ1n) is 3.92. The molecule has 0 aliphatic heterocycles. The van der Waals surface area contributed by atoms with E-state index >= 15 is 0 Å². The smallest absolute Gasteiger partial charge is 0.0135 e. The van der Waals surface area contributed by atoms with E-state index in [1.807, 2.05) is 7.05 Å². The highest BCUT2D eigenvalue weighted by molar-refractivity contribution is 4.84. The van der Waals surface area contributed by atoms with Crippen molar-refractivity contribution in [1.29, 1.82) is 0 Å². The lowest BCUT2D eigenvalue weighted by Crippen LogP contribution is -2.14. The Morgan fingerprint density at radius 3 is 2.50 bits per heavy atom. The topological polar surface area (TPSA) is 24.1 Å². The van der Waals surface area contributed by atoms with Gasteiger partial charge in [-0.3, -0.25) is 0 Å². The highest BCUT2D eigenvalue weighted by Gasteiger charge is 1.76. The lowest BCUT2D eigenvalue weighted by atomic mass is 10.4. The molecule has 0 rings (SSSR count). The van der Waals surface area contributed by atoms with Crippen LogP contribution in [0, 0.1) is 0 Å². The number of hydrogen-bond acceptors (Lipinski definition) is 2. The van der Waals surface area contributed by atoms with E-state index in [1.54, 1.807) is 0 Å². The molecule has 10 heavy (non-hydrogen) atoms. The number of likely N-dealkylation sites (N-methyl/N-ethyl adjacent to an activating group) is 1. The Balaban J connectivity index is 2.88. The Hall–Kier alpha value is -0.340. The molecular formula is C8H18N2. The predicted molar refractivity (Wildman–Crippen MR) is 46.2 cm³/mol. The zero-order chi connectivity index (χ0) is 7.66. The van der Waals surface area contributed by atoms with Gasteiger partial charge < -0.3 is 10.6 Å². The largest absolute Gasteiger partial charge is 0.316 e. The Morgan fingerprint density at radius 2 is 1.90 bits per heavy atom. The minimum Gasteiger partial charge on any atom is -0.316 e. The average molecular weight is 142 g/mol. The first-order valence-corrected chi connectivity index (χ1v) is 3.92. The van der Waals surface area contributed by atoms with Crippen molar-refractivity contribution in [2.75, 3.05) is 26.7 Å². The second kappa shape index (κ2) is 8.66. The predicted octanol–water partition coefficient (Wildman–Crippen LogP) is 0.762. The van der Waals surface area contributed by atoms with Gasteiger partial charge in [-0.05, 0) is 20.0 Å². The monoisotopic (exact) mass is 142 g/mol. The maximum atomic E-state index is 3.28. The number of rotatable bonds is 6. The van der Waals surface area contributed by atoms with Crippen LogP contribution in [0.25, 0.3) is 0 Å². The van der Waals surface area contributed by atoms with Crippen molar-refractivity contribution in [2.45, 2.75) is 13.3 Å². The van der Waals surface area contributed by atoms with Gasteiger partial charge in [0.2, 0.25) is 0 Å². The highest BCUT2D eigenvalue weighted by atomic mass is 14.8. The third-order valence-electron chi connectivity index (χ3n) is 1.18. The van der Waals surface area contributed by atoms with Crippen molar-refractivity contribution in [3.8, 4) is 0 Å². The zero-order valence-corrected chi connectivity index (χ0v) is 6.98. The zero-order valence-electron chi connectivity index (χ0n) is 6.98. The summed E-state index contributed by atoms with van der Waals surface area (Å²) in [6.45, 7) is 5.25. The van der Waals surface area contributed by atoms with Gasteiger partial charge in [0.1, 0.15) is 0 Å². The van der Waals surface area contributed by atoms with Crippen LogP contribution in [0.1, 0.15) is 13.3 Å². The first kappa shape index (κ1) is 9.66. The van der Waals surface area contributed by atoms with Crippen molar-refractivity contribution < 1.29 is 0 Å². The lowest BCUT2D eigenvalue weighted by molar-refractivity contribution is 0.727. The molecule has 0 aliphatic carbocycles. The Kier molecular flexibility index (Phi) is 8.37. The van der Waals surface area contributed by atoms with Gasteiger partial charge in [-0.2, -0.15) is 0 Å². The molecule has 0 aromatic rings. The van der Waals surface area contributed by atoms with Crippen LogP contribution in [0.2, 0.25) is 0 Å². The molecule has 0 aromatic carbocycles. The van der Waals surface area contributed by atoms with Crippen LogP contribution in [-0.4, -0.2) is 26.7 Å². The van der Waals surface area contributed by atoms with Crippen molar-refractivity contribution in [1.82, 2.24) is 10.6 Å². The van der Waals surface area contributed by atoms with E-state index in [2.05, 4.69) is 29.7 Å². The molecule has 0 fully saturated rings. The maximum absolute atomic E-state index is 3.28. The van der Waals surface area contributed by atoms with E-state index in [1.165, 1.54) is 6.42 Å². The highest BCUT2D eigenvalue weighted by Crippen LogP contribution is 1.71. The summed E-state index contributed by atoms with van der Waals surface area (Å²) in [4.78, 5) is 0. The Labute approximate surface area is 63.7 Å². The van der Waals surface area contributed by atoms with Crippen LogP contribution >= 0.6 is 0 Å². The third kappa shape index (κ3) is 7.66. The summed E-state index contributed by atoms with van der Waals surface area (Å²) in [6, 6.07) is 0. The molecule has 0 bridgehead atoms. The summed E-state index contributed by atoms with van der Waals surface area (Å²) in [5, 5.41) is 6.32. The third-order valence-corrected chi connectivity index (χ3v) is 1.18. The molecule has 0 amide bonds. The standard InChI is InChI=1S/C8H18N2/c1-3-6-10-8-5-4-7-9-2/h4-5,9-10H,3,6-8H2,1-2H3/b5-4+. The summed E-state index contributed by atoms with van der Waals surface area (Å²) in [5.41, 5.74) is 0. The van der Waals surface area contributed by atoms with E-state index in [-0.39, 0.29) is 0 Å². The molecule has 0 radical (unpaired) electrons. The van der Waals surface area contributed by atoms with Crippen LogP contribution in [0.5, 0.6) is 0 Å². The van der Waals surface area contributed by atoms with Gasteiger partial charge in [-0.25, -0.2) is 0 Å². The minimum atomic E-state index is 0.966. The molecule has 0 unspecified atom stereocenters. The van der Waals surface area contributed by atoms with Crippen molar-refractivity contribution in [3.05, 3.63) is 12.2 Å². The molecule has 0 saturated carbocycles. The van der Waals surface area contributed by atoms with E-state index in [4.69, 9.17) is 0 Å². The van der Waals surface area contributed by atoms with Gasteiger partial charge in [-0.15, -0.1) is 0 Å². The second-order valence-electron chi connectivity index (χ2n) is 2.23. The lowest BCUT2D eigenvalue weighted by Gasteiger charge is -1.95. The number of nitrogens with one attached hydrogen (secondary N) is 2. The van der Waals surface area contributed by atoms with Gasteiger partial charge >= 0.3 is 0 Å². The molecule has 2 nitrogen and oxygen atoms in total. The van der Waals surface area contributed by atoms with E-state index in [0.29, 0.717) is 0 Å². The molecular weight excluding hydrogens is 124 g/mol. The quantitative estimate of drug-likeness (QED) is 0.422. The molecule has 0 aromatic heterocycles. The molecule has 2 N–H and O–H groups in total. The van der Waals surface area contributed by atoms with Gasteiger partial charge in [0.25, 0.3) is 0 Å². The molecule has 0 atom stereocenters.